The van der Waals surface area contributed by atoms with Gasteiger partial charge in [0.05, 0.1) is 5.69 Å². The van der Waals surface area contributed by atoms with Crippen LogP contribution in [0.1, 0.15) is 26.2 Å². The van der Waals surface area contributed by atoms with Crippen LogP contribution >= 0.6 is 12.2 Å². The third-order valence-corrected chi connectivity index (χ3v) is 3.89. The maximum Gasteiger partial charge on any atom is 0.230 e. The fourth-order valence-electron chi connectivity index (χ4n) is 2.47. The average molecular weight is 288 g/mol. The number of H-pyrrole nitrogens is 1. The number of aromatic nitrogens is 3. The summed E-state index contributed by atoms with van der Waals surface area (Å²) in [5, 5.41) is 7.41. The lowest BCUT2D eigenvalue weighted by atomic mass is 10.3. The highest BCUT2D eigenvalue weighted by Crippen LogP contribution is 2.31. The summed E-state index contributed by atoms with van der Waals surface area (Å²) in [6.07, 6.45) is 3.80. The molecule has 1 fully saturated rings. The molecule has 1 aromatic heterocycles. The number of aromatic amines is 1. The minimum Gasteiger partial charge on any atom is -0.340 e. The highest BCUT2D eigenvalue weighted by molar-refractivity contribution is 7.71. The molecule has 1 N–H and O–H groups in total. The van der Waals surface area contributed by atoms with Crippen LogP contribution in [0.2, 0.25) is 0 Å². The van der Waals surface area contributed by atoms with Crippen molar-refractivity contribution in [2.75, 3.05) is 18.0 Å². The number of nitrogens with one attached hydrogen (secondary N) is 1. The second-order valence-electron chi connectivity index (χ2n) is 5.39. The van der Waals surface area contributed by atoms with Crippen molar-refractivity contribution in [3.05, 3.63) is 35.1 Å². The van der Waals surface area contributed by atoms with Crippen LogP contribution in [0.5, 0.6) is 0 Å². The summed E-state index contributed by atoms with van der Waals surface area (Å²) in [5.74, 6) is 1.77. The van der Waals surface area contributed by atoms with E-state index < -0.39 is 0 Å². The van der Waals surface area contributed by atoms with Gasteiger partial charge >= 0.3 is 0 Å². The minimum absolute atomic E-state index is 0.656. The monoisotopic (exact) mass is 288 g/mol. The van der Waals surface area contributed by atoms with Crippen molar-refractivity contribution in [2.45, 2.75) is 26.2 Å². The summed E-state index contributed by atoms with van der Waals surface area (Å²) >= 11 is 5.41. The van der Waals surface area contributed by atoms with Gasteiger partial charge in [-0.25, -0.2) is 5.10 Å². The normalized spacial score (nSPS) is 14.4. The number of rotatable bonds is 6. The molecular weight excluding hydrogens is 268 g/mol. The Labute approximate surface area is 124 Å². The van der Waals surface area contributed by atoms with E-state index in [1.807, 2.05) is 22.8 Å². The molecule has 0 atom stereocenters. The van der Waals surface area contributed by atoms with Crippen LogP contribution in [0.15, 0.2) is 30.3 Å². The van der Waals surface area contributed by atoms with Crippen molar-refractivity contribution in [2.24, 2.45) is 5.92 Å². The van der Waals surface area contributed by atoms with E-state index in [1.165, 1.54) is 12.8 Å². The molecule has 0 aliphatic heterocycles. The smallest absolute Gasteiger partial charge is 0.230 e. The van der Waals surface area contributed by atoms with Crippen molar-refractivity contribution < 1.29 is 0 Å². The Bertz CT molecular complexity index is 612. The SMILES string of the molecule is CCCN(CC1CC1)c1n[nH]c(=S)n1-c1ccccc1. The van der Waals surface area contributed by atoms with Gasteiger partial charge in [0.15, 0.2) is 0 Å². The molecule has 1 saturated carbocycles. The molecule has 2 aromatic rings. The first kappa shape index (κ1) is 13.4. The molecule has 106 valence electrons. The third-order valence-electron chi connectivity index (χ3n) is 3.62. The Morgan fingerprint density at radius 2 is 2.10 bits per heavy atom. The van der Waals surface area contributed by atoms with Crippen LogP contribution in [0.4, 0.5) is 5.95 Å². The van der Waals surface area contributed by atoms with Gasteiger partial charge in [0.2, 0.25) is 10.7 Å². The molecule has 0 saturated heterocycles. The van der Waals surface area contributed by atoms with Crippen molar-refractivity contribution in [1.82, 2.24) is 14.8 Å². The topological polar surface area (TPSA) is 36.9 Å². The van der Waals surface area contributed by atoms with Crippen molar-refractivity contribution >= 4 is 18.2 Å². The molecule has 0 radical (unpaired) electrons. The third kappa shape index (κ3) is 2.77. The highest BCUT2D eigenvalue weighted by Gasteiger charge is 2.26. The molecule has 0 unspecified atom stereocenters. The fourth-order valence-corrected chi connectivity index (χ4v) is 2.70. The second kappa shape index (κ2) is 5.79. The lowest BCUT2D eigenvalue weighted by Crippen LogP contribution is -2.29. The Morgan fingerprint density at radius 3 is 2.75 bits per heavy atom. The van der Waals surface area contributed by atoms with Crippen LogP contribution in [-0.2, 0) is 0 Å². The predicted octanol–water partition coefficient (Wildman–Crippen LogP) is 3.56. The van der Waals surface area contributed by atoms with Gasteiger partial charge < -0.3 is 4.90 Å². The van der Waals surface area contributed by atoms with Crippen LogP contribution in [0.3, 0.4) is 0 Å². The summed E-state index contributed by atoms with van der Waals surface area (Å²) in [7, 11) is 0. The van der Waals surface area contributed by atoms with Gasteiger partial charge in [-0.3, -0.25) is 4.57 Å². The molecule has 1 heterocycles. The Hall–Kier alpha value is -1.62. The lowest BCUT2D eigenvalue weighted by molar-refractivity contribution is 0.681. The summed E-state index contributed by atoms with van der Waals surface area (Å²) in [6.45, 7) is 4.30. The molecule has 1 aliphatic carbocycles. The van der Waals surface area contributed by atoms with Gasteiger partial charge in [-0.15, -0.1) is 5.10 Å². The number of benzene rings is 1. The van der Waals surface area contributed by atoms with Crippen molar-refractivity contribution in [3.63, 3.8) is 0 Å². The predicted molar refractivity (Wildman–Crippen MR) is 84.0 cm³/mol. The standard InChI is InChI=1S/C15H20N4S/c1-2-10-18(11-12-8-9-12)14-16-17-15(20)19(14)13-6-4-3-5-7-13/h3-7,12H,2,8-11H2,1H3,(H,17,20). The summed E-state index contributed by atoms with van der Waals surface area (Å²) in [4.78, 5) is 2.36. The molecule has 0 bridgehead atoms. The Balaban J connectivity index is 1.97. The molecule has 5 heteroatoms. The van der Waals surface area contributed by atoms with Crippen LogP contribution in [0.25, 0.3) is 5.69 Å². The fraction of sp³-hybridized carbons (Fsp3) is 0.467. The Morgan fingerprint density at radius 1 is 1.35 bits per heavy atom. The van der Waals surface area contributed by atoms with Crippen LogP contribution < -0.4 is 4.90 Å². The van der Waals surface area contributed by atoms with Crippen molar-refractivity contribution in [3.8, 4) is 5.69 Å². The maximum atomic E-state index is 5.41. The van der Waals surface area contributed by atoms with Gasteiger partial charge in [0.25, 0.3) is 0 Å². The maximum absolute atomic E-state index is 5.41. The van der Waals surface area contributed by atoms with Crippen LogP contribution in [0, 0.1) is 10.7 Å². The van der Waals surface area contributed by atoms with E-state index in [4.69, 9.17) is 12.2 Å². The summed E-state index contributed by atoms with van der Waals surface area (Å²) in [5.41, 5.74) is 1.07. The second-order valence-corrected chi connectivity index (χ2v) is 5.78. The van der Waals surface area contributed by atoms with Crippen LogP contribution in [-0.4, -0.2) is 27.9 Å². The molecule has 0 spiro atoms. The summed E-state index contributed by atoms with van der Waals surface area (Å²) in [6, 6.07) is 10.2. The highest BCUT2D eigenvalue weighted by atomic mass is 32.1. The zero-order valence-corrected chi connectivity index (χ0v) is 12.6. The number of hydrogen-bond donors (Lipinski definition) is 1. The first-order valence-electron chi connectivity index (χ1n) is 7.27. The molecule has 0 amide bonds. The molecule has 1 aliphatic rings. The molecule has 1 aromatic carbocycles. The molecule has 4 nitrogen and oxygen atoms in total. The van der Waals surface area contributed by atoms with E-state index in [9.17, 15) is 0 Å². The molecule has 20 heavy (non-hydrogen) atoms. The first-order chi connectivity index (χ1) is 9.79. The number of hydrogen-bond acceptors (Lipinski definition) is 3. The lowest BCUT2D eigenvalue weighted by Gasteiger charge is -2.23. The quantitative estimate of drug-likeness (QED) is 0.826. The Kier molecular flexibility index (Phi) is 3.87. The van der Waals surface area contributed by atoms with Gasteiger partial charge in [0.1, 0.15) is 0 Å². The van der Waals surface area contributed by atoms with Gasteiger partial charge in [0, 0.05) is 13.1 Å². The zero-order chi connectivity index (χ0) is 13.9. The van der Waals surface area contributed by atoms with Crippen molar-refractivity contribution in [1.29, 1.82) is 0 Å². The molecule has 3 rings (SSSR count). The van der Waals surface area contributed by atoms with E-state index in [2.05, 4.69) is 34.2 Å². The minimum atomic E-state index is 0.656. The van der Waals surface area contributed by atoms with Gasteiger partial charge in [-0.1, -0.05) is 25.1 Å². The van der Waals surface area contributed by atoms with E-state index in [0.29, 0.717) is 4.77 Å². The average Bonchev–Trinajstić information content (AvgIpc) is 3.20. The van der Waals surface area contributed by atoms with Gasteiger partial charge in [-0.05, 0) is 49.5 Å². The largest absolute Gasteiger partial charge is 0.340 e. The zero-order valence-electron chi connectivity index (χ0n) is 11.7. The number of para-hydroxylation sites is 1. The molecular formula is C15H20N4S. The van der Waals surface area contributed by atoms with E-state index >= 15 is 0 Å². The number of nitrogens with zero attached hydrogens (tertiary/aromatic N) is 3. The van der Waals surface area contributed by atoms with E-state index in [-0.39, 0.29) is 0 Å². The van der Waals surface area contributed by atoms with E-state index in [0.717, 1.165) is 37.1 Å². The van der Waals surface area contributed by atoms with Gasteiger partial charge in [-0.2, -0.15) is 0 Å². The first-order valence-corrected chi connectivity index (χ1v) is 7.68. The van der Waals surface area contributed by atoms with E-state index in [1.54, 1.807) is 0 Å². The number of anilines is 1. The summed E-state index contributed by atoms with van der Waals surface area (Å²) < 4.78 is 2.69.